The number of aromatic nitrogens is 2. The van der Waals surface area contributed by atoms with Crippen molar-refractivity contribution >= 4 is 55.8 Å². The second-order valence-corrected chi connectivity index (χ2v) is 10.4. The molecule has 1 aliphatic rings. The standard InChI is InChI=1S/C22H24IN5O2S/c1-16-15-21(28-13-3-2-4-14-28)26-22(24-16)25-18-7-9-19(10-8-18)27-31(29,30)20-11-5-17(23)6-12-20/h5-12,15,27H,2-4,13-14H2,1H3,(H,24,25,26). The summed E-state index contributed by atoms with van der Waals surface area (Å²) in [4.78, 5) is 11.7. The Hall–Kier alpha value is -2.40. The summed E-state index contributed by atoms with van der Waals surface area (Å²) in [5.41, 5.74) is 2.18. The topological polar surface area (TPSA) is 87.2 Å². The third kappa shape index (κ3) is 5.65. The van der Waals surface area contributed by atoms with Gasteiger partial charge in [0.15, 0.2) is 0 Å². The van der Waals surface area contributed by atoms with Gasteiger partial charge in [-0.3, -0.25) is 4.72 Å². The predicted octanol–water partition coefficient (Wildman–Crippen LogP) is 4.92. The van der Waals surface area contributed by atoms with Gasteiger partial charge in [-0.2, -0.15) is 4.98 Å². The number of benzene rings is 2. The van der Waals surface area contributed by atoms with Crippen molar-refractivity contribution < 1.29 is 8.42 Å². The van der Waals surface area contributed by atoms with Gasteiger partial charge < -0.3 is 10.2 Å². The van der Waals surface area contributed by atoms with Crippen LogP contribution in [0.1, 0.15) is 25.0 Å². The van der Waals surface area contributed by atoms with E-state index in [1.165, 1.54) is 19.3 Å². The fraction of sp³-hybridized carbons (Fsp3) is 0.273. The number of anilines is 4. The van der Waals surface area contributed by atoms with Gasteiger partial charge in [0.25, 0.3) is 10.0 Å². The van der Waals surface area contributed by atoms with Crippen LogP contribution in [0.5, 0.6) is 0 Å². The van der Waals surface area contributed by atoms with Gasteiger partial charge in [0.2, 0.25) is 5.95 Å². The quantitative estimate of drug-likeness (QED) is 0.425. The first kappa shape index (κ1) is 21.8. The van der Waals surface area contributed by atoms with Gasteiger partial charge in [-0.05, 0) is 97.3 Å². The highest BCUT2D eigenvalue weighted by molar-refractivity contribution is 14.1. The van der Waals surface area contributed by atoms with E-state index in [2.05, 4.69) is 47.5 Å². The molecule has 0 radical (unpaired) electrons. The molecule has 1 aromatic heterocycles. The lowest BCUT2D eigenvalue weighted by molar-refractivity contribution is 0.573. The summed E-state index contributed by atoms with van der Waals surface area (Å²) in [6, 6.07) is 15.8. The second kappa shape index (κ2) is 9.39. The number of nitrogens with zero attached hydrogens (tertiary/aromatic N) is 3. The minimum atomic E-state index is -3.63. The zero-order valence-corrected chi connectivity index (χ0v) is 20.2. The normalized spacial score (nSPS) is 14.3. The smallest absolute Gasteiger partial charge is 0.261 e. The molecule has 0 spiro atoms. The van der Waals surface area contributed by atoms with E-state index in [4.69, 9.17) is 0 Å². The van der Waals surface area contributed by atoms with Crippen LogP contribution in [0.3, 0.4) is 0 Å². The number of hydrogen-bond donors (Lipinski definition) is 2. The molecule has 1 fully saturated rings. The molecule has 0 aliphatic carbocycles. The van der Waals surface area contributed by atoms with Crippen LogP contribution in [0.15, 0.2) is 59.5 Å². The second-order valence-electron chi connectivity index (χ2n) is 7.50. The zero-order chi connectivity index (χ0) is 21.8. The van der Waals surface area contributed by atoms with Gasteiger partial charge in [-0.15, -0.1) is 0 Å². The molecule has 4 rings (SSSR count). The van der Waals surface area contributed by atoms with E-state index in [1.807, 2.05) is 13.0 Å². The fourth-order valence-corrected chi connectivity index (χ4v) is 4.89. The molecule has 2 heterocycles. The summed E-state index contributed by atoms with van der Waals surface area (Å²) in [5, 5.41) is 3.23. The fourth-order valence-electron chi connectivity index (χ4n) is 3.47. The summed E-state index contributed by atoms with van der Waals surface area (Å²) in [6.45, 7) is 4.00. The summed E-state index contributed by atoms with van der Waals surface area (Å²) in [7, 11) is -3.63. The van der Waals surface area contributed by atoms with Crippen molar-refractivity contribution in [2.45, 2.75) is 31.1 Å². The van der Waals surface area contributed by atoms with Gasteiger partial charge in [-0.25, -0.2) is 13.4 Å². The van der Waals surface area contributed by atoms with E-state index < -0.39 is 10.0 Å². The van der Waals surface area contributed by atoms with Crippen molar-refractivity contribution in [3.05, 3.63) is 63.9 Å². The zero-order valence-electron chi connectivity index (χ0n) is 17.2. The number of aryl methyl sites for hydroxylation is 1. The lowest BCUT2D eigenvalue weighted by Crippen LogP contribution is -2.30. The first-order valence-electron chi connectivity index (χ1n) is 10.2. The Morgan fingerprint density at radius 2 is 1.55 bits per heavy atom. The number of sulfonamides is 1. The molecule has 0 saturated carbocycles. The Labute approximate surface area is 196 Å². The van der Waals surface area contributed by atoms with Crippen molar-refractivity contribution in [3.63, 3.8) is 0 Å². The Morgan fingerprint density at radius 1 is 0.903 bits per heavy atom. The Balaban J connectivity index is 1.46. The van der Waals surface area contributed by atoms with E-state index in [-0.39, 0.29) is 4.90 Å². The molecule has 1 aliphatic heterocycles. The van der Waals surface area contributed by atoms with Crippen molar-refractivity contribution in [3.8, 4) is 0 Å². The monoisotopic (exact) mass is 549 g/mol. The predicted molar refractivity (Wildman–Crippen MR) is 133 cm³/mol. The summed E-state index contributed by atoms with van der Waals surface area (Å²) in [6.07, 6.45) is 3.64. The first-order chi connectivity index (χ1) is 14.9. The number of hydrogen-bond acceptors (Lipinski definition) is 6. The van der Waals surface area contributed by atoms with Crippen LogP contribution in [-0.2, 0) is 10.0 Å². The molecule has 1 saturated heterocycles. The lowest BCUT2D eigenvalue weighted by Gasteiger charge is -2.28. The molecule has 0 bridgehead atoms. The van der Waals surface area contributed by atoms with Crippen LogP contribution in [-0.4, -0.2) is 31.5 Å². The Bertz CT molecular complexity index is 1150. The minimum Gasteiger partial charge on any atom is -0.356 e. The number of rotatable bonds is 6. The molecular weight excluding hydrogens is 525 g/mol. The van der Waals surface area contributed by atoms with E-state index >= 15 is 0 Å². The minimum absolute atomic E-state index is 0.230. The molecule has 0 amide bonds. The largest absolute Gasteiger partial charge is 0.356 e. The van der Waals surface area contributed by atoms with Crippen LogP contribution in [0.2, 0.25) is 0 Å². The van der Waals surface area contributed by atoms with Crippen molar-refractivity contribution in [1.82, 2.24) is 9.97 Å². The molecule has 0 atom stereocenters. The van der Waals surface area contributed by atoms with E-state index in [0.29, 0.717) is 11.6 Å². The van der Waals surface area contributed by atoms with Crippen LogP contribution in [0, 0.1) is 10.5 Å². The summed E-state index contributed by atoms with van der Waals surface area (Å²) in [5.74, 6) is 1.48. The van der Waals surface area contributed by atoms with Crippen LogP contribution in [0.4, 0.5) is 23.1 Å². The molecule has 31 heavy (non-hydrogen) atoms. The van der Waals surface area contributed by atoms with Crippen LogP contribution in [0.25, 0.3) is 0 Å². The van der Waals surface area contributed by atoms with Gasteiger partial charge in [0.1, 0.15) is 5.82 Å². The van der Waals surface area contributed by atoms with Gasteiger partial charge in [-0.1, -0.05) is 0 Å². The third-order valence-corrected chi connectivity index (χ3v) is 7.15. The van der Waals surface area contributed by atoms with Gasteiger partial charge in [0.05, 0.1) is 4.90 Å². The highest BCUT2D eigenvalue weighted by Crippen LogP contribution is 2.23. The lowest BCUT2D eigenvalue weighted by atomic mass is 10.1. The van der Waals surface area contributed by atoms with Crippen molar-refractivity contribution in [2.24, 2.45) is 0 Å². The molecule has 2 N–H and O–H groups in total. The molecular formula is C22H24IN5O2S. The third-order valence-electron chi connectivity index (χ3n) is 5.04. The van der Waals surface area contributed by atoms with E-state index in [1.54, 1.807) is 48.5 Å². The molecule has 9 heteroatoms. The highest BCUT2D eigenvalue weighted by Gasteiger charge is 2.15. The maximum Gasteiger partial charge on any atom is 0.261 e. The van der Waals surface area contributed by atoms with Crippen molar-refractivity contribution in [1.29, 1.82) is 0 Å². The molecule has 162 valence electrons. The maximum absolute atomic E-state index is 12.6. The maximum atomic E-state index is 12.6. The Morgan fingerprint density at radius 3 is 2.23 bits per heavy atom. The van der Waals surface area contributed by atoms with E-state index in [9.17, 15) is 8.42 Å². The average molecular weight is 549 g/mol. The summed E-state index contributed by atoms with van der Waals surface area (Å²) >= 11 is 2.14. The summed E-state index contributed by atoms with van der Waals surface area (Å²) < 4.78 is 28.7. The molecule has 7 nitrogen and oxygen atoms in total. The van der Waals surface area contributed by atoms with Crippen molar-refractivity contribution in [2.75, 3.05) is 28.0 Å². The van der Waals surface area contributed by atoms with Gasteiger partial charge >= 0.3 is 0 Å². The first-order valence-corrected chi connectivity index (χ1v) is 12.7. The molecule has 0 unspecified atom stereocenters. The van der Waals surface area contributed by atoms with Crippen LogP contribution >= 0.6 is 22.6 Å². The molecule has 2 aromatic carbocycles. The van der Waals surface area contributed by atoms with Crippen LogP contribution < -0.4 is 14.9 Å². The molecule has 3 aromatic rings. The number of halogens is 1. The van der Waals surface area contributed by atoms with Gasteiger partial charge in [0, 0.05) is 39.8 Å². The Kier molecular flexibility index (Phi) is 6.61. The average Bonchev–Trinajstić information content (AvgIpc) is 2.75. The van der Waals surface area contributed by atoms with E-state index in [0.717, 1.165) is 33.9 Å². The number of piperidine rings is 1. The highest BCUT2D eigenvalue weighted by atomic mass is 127. The number of nitrogens with one attached hydrogen (secondary N) is 2. The SMILES string of the molecule is Cc1cc(N2CCCCC2)nc(Nc2ccc(NS(=O)(=O)c3ccc(I)cc3)cc2)n1.